The number of rotatable bonds is 7. The SMILES string of the molecule is O=C(CSc1nnc(-c2ccccc2Br)o1)Nc1ccc(Oc2ccccc2)cc1. The van der Waals surface area contributed by atoms with E-state index in [1.165, 1.54) is 11.8 Å². The Morgan fingerprint density at radius 2 is 1.63 bits per heavy atom. The van der Waals surface area contributed by atoms with Crippen LogP contribution in [-0.2, 0) is 4.79 Å². The summed E-state index contributed by atoms with van der Waals surface area (Å²) in [6, 6.07) is 24.3. The number of para-hydroxylation sites is 1. The maximum Gasteiger partial charge on any atom is 0.277 e. The van der Waals surface area contributed by atoms with E-state index in [1.54, 1.807) is 24.3 Å². The van der Waals surface area contributed by atoms with E-state index in [9.17, 15) is 4.79 Å². The Morgan fingerprint density at radius 3 is 2.40 bits per heavy atom. The Morgan fingerprint density at radius 1 is 0.933 bits per heavy atom. The molecule has 0 bridgehead atoms. The second kappa shape index (κ2) is 9.60. The van der Waals surface area contributed by atoms with Gasteiger partial charge in [-0.05, 0) is 64.5 Å². The smallest absolute Gasteiger partial charge is 0.277 e. The third kappa shape index (κ3) is 5.28. The highest BCUT2D eigenvalue weighted by Gasteiger charge is 2.13. The maximum atomic E-state index is 12.2. The first kappa shape index (κ1) is 20.2. The Hall–Kier alpha value is -3.10. The molecule has 0 spiro atoms. The molecule has 1 heterocycles. The molecule has 0 radical (unpaired) electrons. The molecule has 0 aliphatic heterocycles. The summed E-state index contributed by atoms with van der Waals surface area (Å²) in [4.78, 5) is 12.2. The van der Waals surface area contributed by atoms with Gasteiger partial charge in [0.1, 0.15) is 11.5 Å². The quantitative estimate of drug-likeness (QED) is 0.325. The summed E-state index contributed by atoms with van der Waals surface area (Å²) >= 11 is 4.64. The Labute approximate surface area is 185 Å². The van der Waals surface area contributed by atoms with Crippen molar-refractivity contribution < 1.29 is 13.9 Å². The molecule has 0 saturated carbocycles. The van der Waals surface area contributed by atoms with Crippen LogP contribution in [0.25, 0.3) is 11.5 Å². The normalized spacial score (nSPS) is 10.6. The molecule has 0 atom stereocenters. The second-order valence-corrected chi connectivity index (χ2v) is 7.91. The molecule has 4 rings (SSSR count). The predicted octanol–water partition coefficient (Wildman–Crippen LogP) is 6.02. The lowest BCUT2D eigenvalue weighted by Gasteiger charge is -2.07. The summed E-state index contributed by atoms with van der Waals surface area (Å²) in [5.74, 6) is 1.84. The molecule has 6 nitrogen and oxygen atoms in total. The second-order valence-electron chi connectivity index (χ2n) is 6.13. The van der Waals surface area contributed by atoms with E-state index in [0.29, 0.717) is 22.6 Å². The fourth-order valence-electron chi connectivity index (χ4n) is 2.57. The number of amides is 1. The van der Waals surface area contributed by atoms with Crippen LogP contribution in [0, 0.1) is 0 Å². The lowest BCUT2D eigenvalue weighted by atomic mass is 10.2. The van der Waals surface area contributed by atoms with Crippen molar-refractivity contribution in [1.82, 2.24) is 10.2 Å². The van der Waals surface area contributed by atoms with Crippen LogP contribution in [0.5, 0.6) is 11.5 Å². The van der Waals surface area contributed by atoms with E-state index in [4.69, 9.17) is 9.15 Å². The molecule has 0 fully saturated rings. The summed E-state index contributed by atoms with van der Waals surface area (Å²) in [6.45, 7) is 0. The fraction of sp³-hybridized carbons (Fsp3) is 0.0455. The van der Waals surface area contributed by atoms with Crippen LogP contribution in [-0.4, -0.2) is 21.9 Å². The van der Waals surface area contributed by atoms with Crippen LogP contribution in [0.1, 0.15) is 0 Å². The third-order valence-corrected chi connectivity index (χ3v) is 5.46. The number of carbonyl (C=O) groups excluding carboxylic acids is 1. The zero-order chi connectivity index (χ0) is 20.8. The molecule has 0 aliphatic rings. The molecule has 0 aliphatic carbocycles. The summed E-state index contributed by atoms with van der Waals surface area (Å²) in [6.07, 6.45) is 0. The van der Waals surface area contributed by atoms with E-state index in [-0.39, 0.29) is 11.7 Å². The van der Waals surface area contributed by atoms with Gasteiger partial charge < -0.3 is 14.5 Å². The van der Waals surface area contributed by atoms with Gasteiger partial charge in [0.05, 0.1) is 11.3 Å². The number of anilines is 1. The molecule has 1 amide bonds. The first-order valence-electron chi connectivity index (χ1n) is 9.01. The number of benzene rings is 3. The maximum absolute atomic E-state index is 12.2. The van der Waals surface area contributed by atoms with Gasteiger partial charge in [-0.3, -0.25) is 4.79 Å². The van der Waals surface area contributed by atoms with Crippen LogP contribution >= 0.6 is 27.7 Å². The number of nitrogens with zero attached hydrogens (tertiary/aromatic N) is 2. The number of nitrogens with one attached hydrogen (secondary N) is 1. The molecule has 30 heavy (non-hydrogen) atoms. The zero-order valence-electron chi connectivity index (χ0n) is 15.6. The monoisotopic (exact) mass is 481 g/mol. The van der Waals surface area contributed by atoms with Crippen LogP contribution < -0.4 is 10.1 Å². The highest BCUT2D eigenvalue weighted by atomic mass is 79.9. The Kier molecular flexibility index (Phi) is 6.46. The third-order valence-electron chi connectivity index (χ3n) is 3.95. The molecular formula is C22H16BrN3O3S. The molecule has 150 valence electrons. The van der Waals surface area contributed by atoms with Gasteiger partial charge in [0.25, 0.3) is 5.22 Å². The summed E-state index contributed by atoms with van der Waals surface area (Å²) < 4.78 is 12.2. The zero-order valence-corrected chi connectivity index (χ0v) is 18.0. The van der Waals surface area contributed by atoms with Gasteiger partial charge in [0.2, 0.25) is 11.8 Å². The predicted molar refractivity (Wildman–Crippen MR) is 120 cm³/mol. The minimum absolute atomic E-state index is 0.153. The minimum atomic E-state index is -0.169. The number of thioether (sulfide) groups is 1. The summed E-state index contributed by atoms with van der Waals surface area (Å²) in [5, 5.41) is 11.2. The highest BCUT2D eigenvalue weighted by Crippen LogP contribution is 2.29. The van der Waals surface area contributed by atoms with Crippen LogP contribution in [0.15, 0.2) is 93.0 Å². The molecule has 1 aromatic heterocycles. The van der Waals surface area contributed by atoms with E-state index in [1.807, 2.05) is 54.6 Å². The molecule has 0 unspecified atom stereocenters. The van der Waals surface area contributed by atoms with Gasteiger partial charge in [-0.15, -0.1) is 10.2 Å². The van der Waals surface area contributed by atoms with Gasteiger partial charge in [0, 0.05) is 10.2 Å². The topological polar surface area (TPSA) is 77.2 Å². The number of ether oxygens (including phenoxy) is 1. The van der Waals surface area contributed by atoms with Crippen LogP contribution in [0.2, 0.25) is 0 Å². The standard InChI is InChI=1S/C22H16BrN3O3S/c23-19-9-5-4-8-18(19)21-25-26-22(29-21)30-14-20(27)24-15-10-12-17(13-11-15)28-16-6-2-1-3-7-16/h1-13H,14H2,(H,24,27). The summed E-state index contributed by atoms with van der Waals surface area (Å²) in [5.41, 5.74) is 1.49. The number of hydrogen-bond donors (Lipinski definition) is 1. The van der Waals surface area contributed by atoms with E-state index in [0.717, 1.165) is 15.8 Å². The van der Waals surface area contributed by atoms with Gasteiger partial charge in [-0.2, -0.15) is 0 Å². The van der Waals surface area contributed by atoms with Crippen LogP contribution in [0.3, 0.4) is 0 Å². The lowest BCUT2D eigenvalue weighted by Crippen LogP contribution is -2.13. The first-order valence-corrected chi connectivity index (χ1v) is 10.8. The van der Waals surface area contributed by atoms with Gasteiger partial charge >= 0.3 is 0 Å². The average Bonchev–Trinajstić information content (AvgIpc) is 3.24. The van der Waals surface area contributed by atoms with E-state index in [2.05, 4.69) is 31.4 Å². The largest absolute Gasteiger partial charge is 0.457 e. The molecule has 0 saturated heterocycles. The lowest BCUT2D eigenvalue weighted by molar-refractivity contribution is -0.113. The average molecular weight is 482 g/mol. The number of halogens is 1. The molecule has 1 N–H and O–H groups in total. The van der Waals surface area contributed by atoms with Crippen molar-refractivity contribution in [1.29, 1.82) is 0 Å². The van der Waals surface area contributed by atoms with Crippen molar-refractivity contribution in [2.45, 2.75) is 5.22 Å². The van der Waals surface area contributed by atoms with Crippen molar-refractivity contribution in [3.63, 3.8) is 0 Å². The molecular weight excluding hydrogens is 466 g/mol. The molecule has 3 aromatic carbocycles. The van der Waals surface area contributed by atoms with E-state index >= 15 is 0 Å². The van der Waals surface area contributed by atoms with Gasteiger partial charge in [-0.25, -0.2) is 0 Å². The van der Waals surface area contributed by atoms with Crippen molar-refractivity contribution in [3.8, 4) is 23.0 Å². The fourth-order valence-corrected chi connectivity index (χ4v) is 3.58. The van der Waals surface area contributed by atoms with Crippen molar-refractivity contribution in [2.24, 2.45) is 0 Å². The Bertz CT molecular complexity index is 1130. The summed E-state index contributed by atoms with van der Waals surface area (Å²) in [7, 11) is 0. The van der Waals surface area contributed by atoms with E-state index < -0.39 is 0 Å². The van der Waals surface area contributed by atoms with Crippen molar-refractivity contribution >= 4 is 39.3 Å². The van der Waals surface area contributed by atoms with Gasteiger partial charge in [0.15, 0.2) is 0 Å². The highest BCUT2D eigenvalue weighted by molar-refractivity contribution is 9.10. The number of aromatic nitrogens is 2. The first-order chi connectivity index (χ1) is 14.7. The number of hydrogen-bond acceptors (Lipinski definition) is 6. The minimum Gasteiger partial charge on any atom is -0.457 e. The van der Waals surface area contributed by atoms with Crippen molar-refractivity contribution in [2.75, 3.05) is 11.1 Å². The van der Waals surface area contributed by atoms with Crippen LogP contribution in [0.4, 0.5) is 5.69 Å². The molecule has 4 aromatic rings. The Balaban J connectivity index is 1.29. The number of carbonyl (C=O) groups is 1. The van der Waals surface area contributed by atoms with Gasteiger partial charge in [-0.1, -0.05) is 42.1 Å². The van der Waals surface area contributed by atoms with Crippen molar-refractivity contribution in [3.05, 3.63) is 83.3 Å². The molecule has 8 heteroatoms.